The second-order valence-electron chi connectivity index (χ2n) is 7.37. The first-order chi connectivity index (χ1) is 15.9. The van der Waals surface area contributed by atoms with Crippen molar-refractivity contribution in [1.29, 1.82) is 0 Å². The van der Waals surface area contributed by atoms with Crippen molar-refractivity contribution >= 4 is 46.3 Å². The van der Waals surface area contributed by atoms with Gasteiger partial charge in [-0.15, -0.1) is 0 Å². The summed E-state index contributed by atoms with van der Waals surface area (Å²) in [7, 11) is 0. The topological polar surface area (TPSA) is 123 Å². The lowest BCUT2D eigenvalue weighted by molar-refractivity contribution is -0.384. The van der Waals surface area contributed by atoms with E-state index in [2.05, 4.69) is 25.5 Å². The maximum Gasteiger partial charge on any atom is 0.270 e. The van der Waals surface area contributed by atoms with Gasteiger partial charge in [0.1, 0.15) is 5.82 Å². The van der Waals surface area contributed by atoms with Gasteiger partial charge in [0.2, 0.25) is 5.95 Å². The molecule has 1 aliphatic rings. The number of halogens is 1. The first-order valence-corrected chi connectivity index (χ1v) is 10.6. The van der Waals surface area contributed by atoms with Gasteiger partial charge in [0.25, 0.3) is 11.6 Å². The van der Waals surface area contributed by atoms with Crippen molar-refractivity contribution in [3.05, 3.63) is 74.9 Å². The van der Waals surface area contributed by atoms with Crippen LogP contribution in [0, 0.1) is 17.0 Å². The highest BCUT2D eigenvalue weighted by Crippen LogP contribution is 2.25. The molecule has 1 aliphatic heterocycles. The molecule has 170 valence electrons. The Hall–Kier alpha value is -3.76. The van der Waals surface area contributed by atoms with Gasteiger partial charge >= 0.3 is 0 Å². The number of aromatic nitrogens is 2. The average Bonchev–Trinajstić information content (AvgIpc) is 2.80. The Bertz CT molecular complexity index is 1180. The Morgan fingerprint density at radius 3 is 2.45 bits per heavy atom. The van der Waals surface area contributed by atoms with Gasteiger partial charge in [-0.1, -0.05) is 11.6 Å². The minimum absolute atomic E-state index is 0.00944. The molecule has 0 bridgehead atoms. The minimum atomic E-state index is -0.567. The Morgan fingerprint density at radius 1 is 1.09 bits per heavy atom. The highest BCUT2D eigenvalue weighted by molar-refractivity contribution is 6.34. The van der Waals surface area contributed by atoms with Crippen LogP contribution in [0.3, 0.4) is 0 Å². The molecule has 1 amide bonds. The summed E-state index contributed by atoms with van der Waals surface area (Å²) in [5, 5.41) is 16.8. The molecule has 3 aromatic rings. The number of nitro benzene ring substituents is 1. The van der Waals surface area contributed by atoms with Gasteiger partial charge in [-0.25, -0.2) is 4.98 Å². The molecule has 11 heteroatoms. The first-order valence-electron chi connectivity index (χ1n) is 10.2. The van der Waals surface area contributed by atoms with Crippen LogP contribution in [0.1, 0.15) is 16.1 Å². The monoisotopic (exact) mass is 468 g/mol. The molecule has 0 spiro atoms. The molecule has 0 aliphatic carbocycles. The maximum absolute atomic E-state index is 12.5. The average molecular weight is 469 g/mol. The molecule has 1 saturated heterocycles. The number of carbonyl (C=O) groups is 1. The summed E-state index contributed by atoms with van der Waals surface area (Å²) in [5.41, 5.74) is 2.15. The summed E-state index contributed by atoms with van der Waals surface area (Å²) in [6, 6.07) is 12.7. The zero-order valence-electron chi connectivity index (χ0n) is 17.7. The number of carbonyl (C=O) groups excluding carboxylic acids is 1. The predicted octanol–water partition coefficient (Wildman–Crippen LogP) is 4.18. The molecule has 2 N–H and O–H groups in total. The highest BCUT2D eigenvalue weighted by atomic mass is 35.5. The van der Waals surface area contributed by atoms with Crippen molar-refractivity contribution in [2.24, 2.45) is 0 Å². The standard InChI is InChI=1S/C22H21ClN6O4/c1-14-12-20(27-22(24-14)28-8-10-33-11-9-28)25-15-2-4-16(5-3-15)26-21(30)18-7-6-17(29(31)32)13-19(18)23/h2-7,12-13H,8-11H2,1H3,(H,26,30)(H,24,25,27). The van der Waals surface area contributed by atoms with E-state index in [1.54, 1.807) is 24.3 Å². The Balaban J connectivity index is 1.43. The number of non-ortho nitro benzene ring substituents is 1. The third-order valence-corrected chi connectivity index (χ3v) is 5.27. The molecule has 0 radical (unpaired) electrons. The van der Waals surface area contributed by atoms with Gasteiger partial charge in [0.15, 0.2) is 0 Å². The summed E-state index contributed by atoms with van der Waals surface area (Å²) in [6.45, 7) is 4.71. The number of ether oxygens (including phenoxy) is 1. The normalized spacial score (nSPS) is 13.5. The molecule has 1 fully saturated rings. The second-order valence-corrected chi connectivity index (χ2v) is 7.78. The molecule has 33 heavy (non-hydrogen) atoms. The van der Waals surface area contributed by atoms with Crippen LogP contribution in [0.25, 0.3) is 0 Å². The zero-order chi connectivity index (χ0) is 23.4. The number of hydrogen-bond donors (Lipinski definition) is 2. The SMILES string of the molecule is Cc1cc(Nc2ccc(NC(=O)c3ccc([N+](=O)[O-])cc3Cl)cc2)nc(N2CCOCC2)n1. The molecule has 0 atom stereocenters. The van der Waals surface area contributed by atoms with E-state index >= 15 is 0 Å². The lowest BCUT2D eigenvalue weighted by Crippen LogP contribution is -2.37. The number of nitrogens with one attached hydrogen (secondary N) is 2. The van der Waals surface area contributed by atoms with E-state index in [9.17, 15) is 14.9 Å². The van der Waals surface area contributed by atoms with E-state index in [4.69, 9.17) is 16.3 Å². The second kappa shape index (κ2) is 9.80. The Kier molecular flexibility index (Phi) is 6.66. The van der Waals surface area contributed by atoms with Crippen LogP contribution in [0.4, 0.5) is 28.8 Å². The Morgan fingerprint density at radius 2 is 1.79 bits per heavy atom. The van der Waals surface area contributed by atoms with E-state index < -0.39 is 10.8 Å². The van der Waals surface area contributed by atoms with Gasteiger partial charge in [-0.2, -0.15) is 4.98 Å². The van der Waals surface area contributed by atoms with Crippen LogP contribution in [0.2, 0.25) is 5.02 Å². The van der Waals surface area contributed by atoms with Gasteiger partial charge in [0.05, 0.1) is 28.7 Å². The molecule has 0 unspecified atom stereocenters. The third-order valence-electron chi connectivity index (χ3n) is 4.96. The maximum atomic E-state index is 12.5. The number of morpholine rings is 1. The van der Waals surface area contributed by atoms with E-state index in [0.29, 0.717) is 30.7 Å². The third kappa shape index (κ3) is 5.54. The van der Waals surface area contributed by atoms with E-state index in [1.807, 2.05) is 13.0 Å². The number of nitrogens with zero attached hydrogens (tertiary/aromatic N) is 4. The number of benzene rings is 2. The fourth-order valence-electron chi connectivity index (χ4n) is 3.31. The molecule has 10 nitrogen and oxygen atoms in total. The zero-order valence-corrected chi connectivity index (χ0v) is 18.5. The largest absolute Gasteiger partial charge is 0.378 e. The van der Waals surface area contributed by atoms with Crippen molar-refractivity contribution < 1.29 is 14.5 Å². The molecular weight excluding hydrogens is 448 g/mol. The van der Waals surface area contributed by atoms with E-state index in [1.165, 1.54) is 12.1 Å². The van der Waals surface area contributed by atoms with Crippen LogP contribution in [0.15, 0.2) is 48.5 Å². The summed E-state index contributed by atoms with van der Waals surface area (Å²) >= 11 is 6.03. The number of amides is 1. The van der Waals surface area contributed by atoms with Crippen molar-refractivity contribution in [3.8, 4) is 0 Å². The van der Waals surface area contributed by atoms with Crippen LogP contribution < -0.4 is 15.5 Å². The predicted molar refractivity (Wildman–Crippen MR) is 126 cm³/mol. The molecule has 2 heterocycles. The summed E-state index contributed by atoms with van der Waals surface area (Å²) in [6.07, 6.45) is 0. The van der Waals surface area contributed by atoms with Crippen molar-refractivity contribution in [2.75, 3.05) is 41.8 Å². The number of rotatable bonds is 6. The Labute approximate surface area is 194 Å². The number of hydrogen-bond acceptors (Lipinski definition) is 8. The van der Waals surface area contributed by atoms with Crippen molar-refractivity contribution in [3.63, 3.8) is 0 Å². The van der Waals surface area contributed by atoms with Crippen LogP contribution in [-0.2, 0) is 4.74 Å². The quantitative estimate of drug-likeness (QED) is 0.408. The van der Waals surface area contributed by atoms with Crippen molar-refractivity contribution in [2.45, 2.75) is 6.92 Å². The summed E-state index contributed by atoms with van der Waals surface area (Å²) in [4.78, 5) is 34.0. The number of nitro groups is 1. The highest BCUT2D eigenvalue weighted by Gasteiger charge is 2.16. The number of anilines is 4. The van der Waals surface area contributed by atoms with E-state index in [-0.39, 0.29) is 16.3 Å². The fourth-order valence-corrected chi connectivity index (χ4v) is 3.57. The van der Waals surface area contributed by atoms with Gasteiger partial charge in [-0.05, 0) is 37.3 Å². The van der Waals surface area contributed by atoms with Crippen LogP contribution in [-0.4, -0.2) is 47.1 Å². The lowest BCUT2D eigenvalue weighted by atomic mass is 10.2. The fraction of sp³-hybridized carbons (Fsp3) is 0.227. The summed E-state index contributed by atoms with van der Waals surface area (Å²) < 4.78 is 5.39. The van der Waals surface area contributed by atoms with Gasteiger partial charge < -0.3 is 20.3 Å². The molecular formula is C22H21ClN6O4. The lowest BCUT2D eigenvalue weighted by Gasteiger charge is -2.27. The first kappa shape index (κ1) is 22.4. The van der Waals surface area contributed by atoms with Crippen LogP contribution >= 0.6 is 11.6 Å². The molecule has 4 rings (SSSR count). The minimum Gasteiger partial charge on any atom is -0.378 e. The van der Waals surface area contributed by atoms with Gasteiger partial charge in [0, 0.05) is 48.4 Å². The van der Waals surface area contributed by atoms with Crippen LogP contribution in [0.5, 0.6) is 0 Å². The molecule has 0 saturated carbocycles. The van der Waals surface area contributed by atoms with E-state index in [0.717, 1.165) is 30.5 Å². The molecule has 1 aromatic heterocycles. The molecule has 2 aromatic carbocycles. The summed E-state index contributed by atoms with van der Waals surface area (Å²) in [5.74, 6) is 0.861. The number of aryl methyl sites for hydroxylation is 1. The van der Waals surface area contributed by atoms with Crippen molar-refractivity contribution in [1.82, 2.24) is 9.97 Å². The smallest absolute Gasteiger partial charge is 0.270 e. The van der Waals surface area contributed by atoms with Gasteiger partial charge in [-0.3, -0.25) is 14.9 Å².